The third-order valence-corrected chi connectivity index (χ3v) is 4.65. The van der Waals surface area contributed by atoms with E-state index in [1.54, 1.807) is 7.11 Å². The van der Waals surface area contributed by atoms with Gasteiger partial charge in [-0.3, -0.25) is 0 Å². The highest BCUT2D eigenvalue weighted by Crippen LogP contribution is 2.29. The molecule has 21 heavy (non-hydrogen) atoms. The summed E-state index contributed by atoms with van der Waals surface area (Å²) < 4.78 is 5.44. The van der Waals surface area contributed by atoms with Gasteiger partial charge in [0.25, 0.3) is 0 Å². The minimum atomic E-state index is -0.183. The quantitative estimate of drug-likeness (QED) is 0.715. The van der Waals surface area contributed by atoms with Crippen LogP contribution in [0.5, 0.6) is 5.75 Å². The van der Waals surface area contributed by atoms with Crippen LogP contribution >= 0.6 is 0 Å². The molecule has 0 bridgehead atoms. The lowest BCUT2D eigenvalue weighted by Crippen LogP contribution is -2.55. The third-order valence-electron chi connectivity index (χ3n) is 4.65. The molecule has 1 saturated carbocycles. The van der Waals surface area contributed by atoms with Crippen LogP contribution in [-0.2, 0) is 6.42 Å². The van der Waals surface area contributed by atoms with Gasteiger partial charge >= 0.3 is 0 Å². The smallest absolute Gasteiger partial charge is 0.122 e. The Bertz CT molecular complexity index is 452. The highest BCUT2D eigenvalue weighted by atomic mass is 16.5. The summed E-state index contributed by atoms with van der Waals surface area (Å²) in [6, 6.07) is 8.44. The number of aliphatic hydroxyl groups excluding tert-OH is 1. The number of para-hydroxylation sites is 1. The Balaban J connectivity index is 2.10. The first-order valence-electron chi connectivity index (χ1n) is 7.82. The highest BCUT2D eigenvalue weighted by molar-refractivity contribution is 5.34. The average molecular weight is 292 g/mol. The van der Waals surface area contributed by atoms with Gasteiger partial charge in [0, 0.05) is 24.7 Å². The number of nitrogens with two attached hydrogens (primary N) is 1. The van der Waals surface area contributed by atoms with Crippen molar-refractivity contribution in [2.45, 2.75) is 44.2 Å². The fourth-order valence-corrected chi connectivity index (χ4v) is 3.34. The summed E-state index contributed by atoms with van der Waals surface area (Å²) in [4.78, 5) is 0. The van der Waals surface area contributed by atoms with Crippen LogP contribution in [0.2, 0.25) is 0 Å². The predicted octanol–water partition coefficient (Wildman–Crippen LogP) is 1.71. The normalized spacial score (nSPS) is 24.8. The van der Waals surface area contributed by atoms with E-state index in [4.69, 9.17) is 10.5 Å². The summed E-state index contributed by atoms with van der Waals surface area (Å²) in [7, 11) is 1.70. The fourth-order valence-electron chi connectivity index (χ4n) is 3.34. The molecule has 1 aliphatic carbocycles. The summed E-state index contributed by atoms with van der Waals surface area (Å²) in [6.45, 7) is 2.97. The molecular weight excluding hydrogens is 264 g/mol. The number of rotatable bonds is 7. The molecular formula is C17H28N2O2. The Morgan fingerprint density at radius 1 is 1.38 bits per heavy atom. The molecule has 4 nitrogen and oxygen atoms in total. The van der Waals surface area contributed by atoms with Gasteiger partial charge in [0.15, 0.2) is 0 Å². The maximum Gasteiger partial charge on any atom is 0.122 e. The minimum absolute atomic E-state index is 0.183. The second-order valence-corrected chi connectivity index (χ2v) is 6.38. The summed E-state index contributed by atoms with van der Waals surface area (Å²) >= 11 is 0. The van der Waals surface area contributed by atoms with Crippen molar-refractivity contribution in [1.29, 1.82) is 0 Å². The zero-order chi connectivity index (χ0) is 15.3. The van der Waals surface area contributed by atoms with E-state index in [2.05, 4.69) is 18.3 Å². The van der Waals surface area contributed by atoms with Gasteiger partial charge in [-0.1, -0.05) is 24.6 Å². The number of ether oxygens (including phenoxy) is 1. The van der Waals surface area contributed by atoms with Crippen molar-refractivity contribution in [2.75, 3.05) is 20.3 Å². The van der Waals surface area contributed by atoms with Crippen LogP contribution in [0.15, 0.2) is 24.3 Å². The minimum Gasteiger partial charge on any atom is -0.496 e. The van der Waals surface area contributed by atoms with Crippen molar-refractivity contribution >= 4 is 0 Å². The van der Waals surface area contributed by atoms with Crippen molar-refractivity contribution in [3.8, 4) is 5.75 Å². The van der Waals surface area contributed by atoms with Gasteiger partial charge in [-0.2, -0.15) is 0 Å². The Morgan fingerprint density at radius 2 is 2.14 bits per heavy atom. The van der Waals surface area contributed by atoms with E-state index in [0.29, 0.717) is 18.5 Å². The summed E-state index contributed by atoms with van der Waals surface area (Å²) in [5, 5.41) is 13.2. The number of hydrogen-bond donors (Lipinski definition) is 3. The zero-order valence-corrected chi connectivity index (χ0v) is 13.1. The largest absolute Gasteiger partial charge is 0.496 e. The van der Waals surface area contributed by atoms with E-state index < -0.39 is 0 Å². The van der Waals surface area contributed by atoms with Crippen molar-refractivity contribution in [2.24, 2.45) is 11.7 Å². The number of aliphatic hydroxyl groups is 1. The van der Waals surface area contributed by atoms with E-state index in [-0.39, 0.29) is 12.1 Å². The summed E-state index contributed by atoms with van der Waals surface area (Å²) in [5.41, 5.74) is 7.03. The SMILES string of the molecule is COc1ccccc1CC(C)(CN)NC1CCCC1CO. The lowest BCUT2D eigenvalue weighted by molar-refractivity contribution is 0.183. The van der Waals surface area contributed by atoms with Gasteiger partial charge < -0.3 is 20.9 Å². The maximum atomic E-state index is 9.49. The molecule has 2 rings (SSSR count). The van der Waals surface area contributed by atoms with Crippen molar-refractivity contribution in [1.82, 2.24) is 5.32 Å². The van der Waals surface area contributed by atoms with E-state index in [1.807, 2.05) is 18.2 Å². The first-order chi connectivity index (χ1) is 10.1. The van der Waals surface area contributed by atoms with Crippen LogP contribution in [-0.4, -0.2) is 36.9 Å². The Labute approximate surface area is 127 Å². The molecule has 1 aromatic rings. The Kier molecular flexibility index (Phi) is 5.62. The number of methoxy groups -OCH3 is 1. The molecule has 4 heteroatoms. The molecule has 0 spiro atoms. The molecule has 0 amide bonds. The van der Waals surface area contributed by atoms with Crippen LogP contribution in [0, 0.1) is 5.92 Å². The van der Waals surface area contributed by atoms with E-state index >= 15 is 0 Å². The van der Waals surface area contributed by atoms with Gasteiger partial charge in [-0.15, -0.1) is 0 Å². The molecule has 0 aromatic heterocycles. The molecule has 3 atom stereocenters. The zero-order valence-electron chi connectivity index (χ0n) is 13.1. The first kappa shape index (κ1) is 16.3. The molecule has 1 aliphatic rings. The second-order valence-electron chi connectivity index (χ2n) is 6.38. The maximum absolute atomic E-state index is 9.49. The first-order valence-corrected chi connectivity index (χ1v) is 7.82. The van der Waals surface area contributed by atoms with Gasteiger partial charge in [-0.05, 0) is 43.7 Å². The van der Waals surface area contributed by atoms with Crippen LogP contribution < -0.4 is 15.8 Å². The molecule has 0 aliphatic heterocycles. The number of hydrogen-bond acceptors (Lipinski definition) is 4. The molecule has 0 radical (unpaired) electrons. The molecule has 0 heterocycles. The van der Waals surface area contributed by atoms with Crippen molar-refractivity contribution in [3.63, 3.8) is 0 Å². The Hall–Kier alpha value is -1.10. The molecule has 1 fully saturated rings. The number of benzene rings is 1. The Morgan fingerprint density at radius 3 is 2.81 bits per heavy atom. The summed E-state index contributed by atoms with van der Waals surface area (Å²) in [5.74, 6) is 1.26. The molecule has 0 saturated heterocycles. The van der Waals surface area contributed by atoms with Crippen LogP contribution in [0.4, 0.5) is 0 Å². The molecule has 4 N–H and O–H groups in total. The van der Waals surface area contributed by atoms with Crippen LogP contribution in [0.25, 0.3) is 0 Å². The van der Waals surface area contributed by atoms with Crippen LogP contribution in [0.1, 0.15) is 31.7 Å². The molecule has 3 unspecified atom stereocenters. The lowest BCUT2D eigenvalue weighted by atomic mass is 9.90. The highest BCUT2D eigenvalue weighted by Gasteiger charge is 2.33. The van der Waals surface area contributed by atoms with E-state index in [1.165, 1.54) is 12.0 Å². The van der Waals surface area contributed by atoms with E-state index in [9.17, 15) is 5.11 Å². The van der Waals surface area contributed by atoms with Gasteiger partial charge in [0.2, 0.25) is 0 Å². The monoisotopic (exact) mass is 292 g/mol. The van der Waals surface area contributed by atoms with E-state index in [0.717, 1.165) is 25.0 Å². The van der Waals surface area contributed by atoms with Crippen molar-refractivity contribution in [3.05, 3.63) is 29.8 Å². The molecule has 118 valence electrons. The topological polar surface area (TPSA) is 67.5 Å². The standard InChI is InChI=1S/C17H28N2O2/c1-17(12-18,19-15-8-5-7-14(15)11-20)10-13-6-3-4-9-16(13)21-2/h3-4,6,9,14-15,19-20H,5,7-8,10-12,18H2,1-2H3. The predicted molar refractivity (Wildman–Crippen MR) is 85.5 cm³/mol. The third kappa shape index (κ3) is 3.96. The van der Waals surface area contributed by atoms with Crippen molar-refractivity contribution < 1.29 is 9.84 Å². The number of nitrogens with one attached hydrogen (secondary N) is 1. The van der Waals surface area contributed by atoms with Crippen LogP contribution in [0.3, 0.4) is 0 Å². The van der Waals surface area contributed by atoms with Gasteiger partial charge in [-0.25, -0.2) is 0 Å². The van der Waals surface area contributed by atoms with Gasteiger partial charge in [0.05, 0.1) is 7.11 Å². The lowest BCUT2D eigenvalue weighted by Gasteiger charge is -2.35. The second kappa shape index (κ2) is 7.25. The van der Waals surface area contributed by atoms with Gasteiger partial charge in [0.1, 0.15) is 5.75 Å². The average Bonchev–Trinajstić information content (AvgIpc) is 2.94. The molecule has 1 aromatic carbocycles. The fraction of sp³-hybridized carbons (Fsp3) is 0.647. The summed E-state index contributed by atoms with van der Waals surface area (Å²) in [6.07, 6.45) is 4.22.